The second kappa shape index (κ2) is 9.20. The number of nitrogens with one attached hydrogen (secondary N) is 1. The summed E-state index contributed by atoms with van der Waals surface area (Å²) in [6, 6.07) is 10.3. The van der Waals surface area contributed by atoms with Crippen LogP contribution >= 0.6 is 0 Å². The average molecular weight is 488 g/mol. The smallest absolute Gasteiger partial charge is 0.398 e. The van der Waals surface area contributed by atoms with E-state index < -0.39 is 23.8 Å². The molecule has 2 heterocycles. The zero-order valence-corrected chi connectivity index (χ0v) is 18.6. The standard InChI is InChI=1S/C23H20F4N6O2/c1-12(23(25,26)27)21-32-18(19-20(28)30-11-31-33(19)21)14-5-3-13(4-6-14)10-29-22(34)16-9-15(24)7-8-17(16)35-2/h3-9,11-12H,10H2,1-2H3,(H,29,34)(H2,28,30,31)/t12-/m1/s1. The third kappa shape index (κ3) is 4.72. The number of halogens is 4. The molecule has 0 spiro atoms. The molecule has 0 saturated carbocycles. The number of nitrogens with two attached hydrogens (primary N) is 1. The van der Waals surface area contributed by atoms with Crippen LogP contribution in [0.3, 0.4) is 0 Å². The van der Waals surface area contributed by atoms with Crippen LogP contribution in [0.5, 0.6) is 5.75 Å². The molecule has 1 amide bonds. The van der Waals surface area contributed by atoms with Crippen molar-refractivity contribution in [2.24, 2.45) is 0 Å². The van der Waals surface area contributed by atoms with Crippen LogP contribution in [0.2, 0.25) is 0 Å². The van der Waals surface area contributed by atoms with Gasteiger partial charge in [0, 0.05) is 12.1 Å². The predicted molar refractivity (Wildman–Crippen MR) is 119 cm³/mol. The van der Waals surface area contributed by atoms with Gasteiger partial charge in [-0.3, -0.25) is 4.79 Å². The van der Waals surface area contributed by atoms with Crippen LogP contribution in [0.1, 0.15) is 34.6 Å². The van der Waals surface area contributed by atoms with Crippen LogP contribution in [0.15, 0.2) is 48.8 Å². The Kier molecular flexibility index (Phi) is 6.29. The second-order valence-electron chi connectivity index (χ2n) is 7.71. The highest BCUT2D eigenvalue weighted by Crippen LogP contribution is 2.37. The number of ether oxygens (including phenoxy) is 1. The van der Waals surface area contributed by atoms with Gasteiger partial charge in [0.15, 0.2) is 5.82 Å². The van der Waals surface area contributed by atoms with Crippen molar-refractivity contribution in [1.29, 1.82) is 0 Å². The van der Waals surface area contributed by atoms with Crippen molar-refractivity contribution in [2.45, 2.75) is 25.6 Å². The molecule has 0 aliphatic carbocycles. The Hall–Kier alpha value is -4.22. The monoisotopic (exact) mass is 488 g/mol. The Morgan fingerprint density at radius 1 is 1.20 bits per heavy atom. The van der Waals surface area contributed by atoms with Crippen molar-refractivity contribution in [3.8, 4) is 17.0 Å². The summed E-state index contributed by atoms with van der Waals surface area (Å²) in [4.78, 5) is 20.6. The van der Waals surface area contributed by atoms with Gasteiger partial charge in [0.25, 0.3) is 5.91 Å². The maximum atomic E-state index is 13.5. The molecule has 8 nitrogen and oxygen atoms in total. The number of anilines is 1. The molecule has 2 aromatic heterocycles. The number of hydrogen-bond acceptors (Lipinski definition) is 6. The number of carbonyl (C=O) groups is 1. The van der Waals surface area contributed by atoms with Gasteiger partial charge in [-0.15, -0.1) is 0 Å². The van der Waals surface area contributed by atoms with Gasteiger partial charge in [-0.2, -0.15) is 18.3 Å². The first kappa shape index (κ1) is 23.9. The average Bonchev–Trinajstić information content (AvgIpc) is 3.22. The number of imidazole rings is 1. The fraction of sp³-hybridized carbons (Fsp3) is 0.217. The number of nitrogen functional groups attached to an aromatic ring is 1. The summed E-state index contributed by atoms with van der Waals surface area (Å²) in [7, 11) is 1.38. The number of aromatic nitrogens is 4. The molecule has 2 aromatic carbocycles. The second-order valence-corrected chi connectivity index (χ2v) is 7.71. The van der Waals surface area contributed by atoms with Crippen molar-refractivity contribution in [3.63, 3.8) is 0 Å². The third-order valence-corrected chi connectivity index (χ3v) is 5.45. The Bertz CT molecular complexity index is 1390. The number of methoxy groups -OCH3 is 1. The molecule has 4 aromatic rings. The van der Waals surface area contributed by atoms with E-state index in [1.54, 1.807) is 24.3 Å². The molecule has 0 unspecified atom stereocenters. The van der Waals surface area contributed by atoms with E-state index in [4.69, 9.17) is 10.5 Å². The first-order valence-electron chi connectivity index (χ1n) is 10.4. The molecule has 4 rings (SSSR count). The molecule has 12 heteroatoms. The van der Waals surface area contributed by atoms with Crippen molar-refractivity contribution in [1.82, 2.24) is 24.9 Å². The van der Waals surface area contributed by atoms with E-state index in [1.165, 1.54) is 19.2 Å². The van der Waals surface area contributed by atoms with Gasteiger partial charge < -0.3 is 15.8 Å². The van der Waals surface area contributed by atoms with E-state index in [-0.39, 0.29) is 40.7 Å². The Balaban J connectivity index is 1.59. The number of rotatable bonds is 6. The summed E-state index contributed by atoms with van der Waals surface area (Å²) in [5.74, 6) is -3.07. The van der Waals surface area contributed by atoms with Crippen LogP contribution in [0, 0.1) is 5.82 Å². The highest BCUT2D eigenvalue weighted by molar-refractivity contribution is 5.96. The van der Waals surface area contributed by atoms with E-state index in [1.807, 2.05) is 0 Å². The lowest BCUT2D eigenvalue weighted by molar-refractivity contribution is -0.148. The van der Waals surface area contributed by atoms with Crippen LogP contribution < -0.4 is 15.8 Å². The number of nitrogens with zero attached hydrogens (tertiary/aromatic N) is 4. The number of benzene rings is 2. The molecule has 0 saturated heterocycles. The summed E-state index contributed by atoms with van der Waals surface area (Å²) in [5, 5.41) is 6.60. The predicted octanol–water partition coefficient (Wildman–Crippen LogP) is 4.12. The molecule has 3 N–H and O–H groups in total. The number of carbonyl (C=O) groups excluding carboxylic acids is 1. The van der Waals surface area contributed by atoms with Gasteiger partial charge in [0.1, 0.15) is 40.8 Å². The van der Waals surface area contributed by atoms with E-state index in [9.17, 15) is 22.4 Å². The lowest BCUT2D eigenvalue weighted by Gasteiger charge is -2.13. The van der Waals surface area contributed by atoms with Crippen LogP contribution in [0.4, 0.5) is 23.4 Å². The van der Waals surface area contributed by atoms with Gasteiger partial charge in [0.2, 0.25) is 0 Å². The van der Waals surface area contributed by atoms with Crippen molar-refractivity contribution in [3.05, 3.63) is 71.6 Å². The van der Waals surface area contributed by atoms with Gasteiger partial charge >= 0.3 is 6.18 Å². The topological polar surface area (TPSA) is 107 Å². The van der Waals surface area contributed by atoms with Crippen molar-refractivity contribution >= 4 is 17.2 Å². The quantitative estimate of drug-likeness (QED) is 0.396. The number of alkyl halides is 3. The highest BCUT2D eigenvalue weighted by Gasteiger charge is 2.40. The van der Waals surface area contributed by atoms with Crippen LogP contribution in [0.25, 0.3) is 16.8 Å². The molecule has 35 heavy (non-hydrogen) atoms. The first-order valence-corrected chi connectivity index (χ1v) is 10.4. The summed E-state index contributed by atoms with van der Waals surface area (Å²) >= 11 is 0. The zero-order chi connectivity index (χ0) is 25.3. The fourth-order valence-electron chi connectivity index (χ4n) is 3.52. The van der Waals surface area contributed by atoms with Crippen molar-refractivity contribution in [2.75, 3.05) is 12.8 Å². The summed E-state index contributed by atoms with van der Waals surface area (Å²) in [5.41, 5.74) is 7.54. The number of fused-ring (bicyclic) bond motifs is 1. The van der Waals surface area contributed by atoms with Crippen molar-refractivity contribution < 1.29 is 27.1 Å². The summed E-state index contributed by atoms with van der Waals surface area (Å²) in [6.45, 7) is 1.11. The minimum Gasteiger partial charge on any atom is -0.496 e. The molecule has 0 fully saturated rings. The Morgan fingerprint density at radius 3 is 2.57 bits per heavy atom. The minimum absolute atomic E-state index is 0.0106. The van der Waals surface area contributed by atoms with Gasteiger partial charge in [-0.1, -0.05) is 24.3 Å². The first-order chi connectivity index (χ1) is 16.6. The minimum atomic E-state index is -4.52. The lowest BCUT2D eigenvalue weighted by Crippen LogP contribution is -2.23. The molecule has 0 bridgehead atoms. The molecule has 0 aliphatic heterocycles. The molecule has 182 valence electrons. The normalized spacial score (nSPS) is 12.5. The van der Waals surface area contributed by atoms with E-state index in [0.717, 1.165) is 23.8 Å². The fourth-order valence-corrected chi connectivity index (χ4v) is 3.52. The van der Waals surface area contributed by atoms with E-state index in [0.29, 0.717) is 11.1 Å². The summed E-state index contributed by atoms with van der Waals surface area (Å²) < 4.78 is 59.8. The molecular formula is C23H20F4N6O2. The maximum Gasteiger partial charge on any atom is 0.398 e. The SMILES string of the molecule is COc1ccc(F)cc1C(=O)NCc1ccc(-c2nc([C@@H](C)C(F)(F)F)n3ncnc(N)c23)cc1. The molecular weight excluding hydrogens is 468 g/mol. The highest BCUT2D eigenvalue weighted by atomic mass is 19.4. The van der Waals surface area contributed by atoms with E-state index in [2.05, 4.69) is 20.4 Å². The Morgan fingerprint density at radius 2 is 1.91 bits per heavy atom. The van der Waals surface area contributed by atoms with Gasteiger partial charge in [0.05, 0.1) is 12.7 Å². The summed E-state index contributed by atoms with van der Waals surface area (Å²) in [6.07, 6.45) is -3.45. The molecule has 0 radical (unpaired) electrons. The lowest BCUT2D eigenvalue weighted by atomic mass is 10.1. The van der Waals surface area contributed by atoms with Gasteiger partial charge in [-0.05, 0) is 30.7 Å². The van der Waals surface area contributed by atoms with Crippen LogP contribution in [-0.2, 0) is 6.54 Å². The Labute approximate surface area is 196 Å². The molecule has 0 aliphatic rings. The van der Waals surface area contributed by atoms with Gasteiger partial charge in [-0.25, -0.2) is 18.9 Å². The zero-order valence-electron chi connectivity index (χ0n) is 18.6. The van der Waals surface area contributed by atoms with E-state index >= 15 is 0 Å². The molecule has 1 atom stereocenters. The number of amides is 1. The third-order valence-electron chi connectivity index (χ3n) is 5.45. The largest absolute Gasteiger partial charge is 0.496 e. The maximum absolute atomic E-state index is 13.5. The number of hydrogen-bond donors (Lipinski definition) is 2. The van der Waals surface area contributed by atoms with Crippen LogP contribution in [-0.4, -0.2) is 38.8 Å².